The molecule has 3 heterocycles. The summed E-state index contributed by atoms with van der Waals surface area (Å²) in [6, 6.07) is 31.5. The maximum Gasteiger partial charge on any atom is 0.170 e. The van der Waals surface area contributed by atoms with Crippen LogP contribution < -0.4 is 9.47 Å². The van der Waals surface area contributed by atoms with Crippen molar-refractivity contribution in [2.24, 2.45) is 0 Å². The van der Waals surface area contributed by atoms with Gasteiger partial charge in [-0.25, -0.2) is 0 Å². The number of benzene rings is 4. The topological polar surface area (TPSA) is 50.1 Å². The lowest BCUT2D eigenvalue weighted by atomic mass is 10.2. The molecule has 5 aromatic rings. The van der Waals surface area contributed by atoms with Crippen molar-refractivity contribution in [1.29, 1.82) is 0 Å². The Kier molecular flexibility index (Phi) is 6.52. The van der Waals surface area contributed by atoms with Crippen molar-refractivity contribution < 1.29 is 23.4 Å². The highest BCUT2D eigenvalue weighted by Crippen LogP contribution is 2.44. The molecule has 2 aliphatic rings. The summed E-state index contributed by atoms with van der Waals surface area (Å²) in [6.07, 6.45) is 0. The van der Waals surface area contributed by atoms with Gasteiger partial charge in [0.25, 0.3) is 0 Å². The van der Waals surface area contributed by atoms with E-state index in [2.05, 4.69) is 12.1 Å². The van der Waals surface area contributed by atoms with Crippen molar-refractivity contribution in [3.05, 3.63) is 97.1 Å². The molecule has 166 valence electrons. The van der Waals surface area contributed by atoms with E-state index in [1.165, 1.54) is 10.8 Å². The Hall–Kier alpha value is -3.80. The molecule has 0 aliphatic carbocycles. The van der Waals surface area contributed by atoms with Gasteiger partial charge in [-0.3, -0.25) is 0 Å². The zero-order chi connectivity index (χ0) is 22.3. The third-order valence-corrected chi connectivity index (χ3v) is 5.17. The third-order valence-electron chi connectivity index (χ3n) is 5.17. The number of rotatable bonds is 0. The van der Waals surface area contributed by atoms with Gasteiger partial charge in [0.05, 0.1) is 26.4 Å². The van der Waals surface area contributed by atoms with Gasteiger partial charge in [-0.05, 0) is 36.4 Å². The molecule has 2 aliphatic heterocycles. The molecule has 5 nitrogen and oxygen atoms in total. The number of hydrogen-bond acceptors (Lipinski definition) is 5. The maximum absolute atomic E-state index is 5.65. The first kappa shape index (κ1) is 21.1. The Bertz CT molecular complexity index is 1190. The molecule has 5 heteroatoms. The van der Waals surface area contributed by atoms with Crippen LogP contribution in [0, 0.1) is 0 Å². The predicted octanol–water partition coefficient (Wildman–Crippen LogP) is 7.20. The fourth-order valence-corrected chi connectivity index (χ4v) is 3.59. The van der Waals surface area contributed by atoms with Crippen LogP contribution in [0.25, 0.3) is 21.9 Å². The summed E-state index contributed by atoms with van der Waals surface area (Å²) in [7, 11) is 0. The molecule has 1 saturated heterocycles. The Labute approximate surface area is 192 Å². The SMILES string of the molecule is C1COCCO1.c1ccc2c(c1)Oc1ccccc1O2.c1ccc2c(c1)oc1ccccc12. The summed E-state index contributed by atoms with van der Waals surface area (Å²) in [6.45, 7) is 3.11. The lowest BCUT2D eigenvalue weighted by Crippen LogP contribution is -2.16. The molecular weight excluding hydrogens is 416 g/mol. The summed E-state index contributed by atoms with van der Waals surface area (Å²) in [5.41, 5.74) is 1.92. The predicted molar refractivity (Wildman–Crippen MR) is 128 cm³/mol. The van der Waals surface area contributed by atoms with E-state index in [1.807, 2.05) is 84.9 Å². The standard InChI is InChI=1S/C12H8O2.C12H8O.C4H8O2/c1-2-6-10-9(5-1)13-11-7-3-4-8-12(11)14-10;1-3-7-11-9(5-1)10-6-2-4-8-12(10)13-11;1-2-6-4-3-5-1/h1-8H;1-8H;1-4H2. The minimum absolute atomic E-state index is 0.770. The van der Waals surface area contributed by atoms with Gasteiger partial charge in [0.15, 0.2) is 23.0 Å². The van der Waals surface area contributed by atoms with E-state index >= 15 is 0 Å². The van der Waals surface area contributed by atoms with Gasteiger partial charge in [-0.2, -0.15) is 0 Å². The highest BCUT2D eigenvalue weighted by Gasteiger charge is 2.16. The molecule has 1 aromatic heterocycles. The molecule has 4 aromatic carbocycles. The van der Waals surface area contributed by atoms with Gasteiger partial charge in [0.1, 0.15) is 11.2 Å². The van der Waals surface area contributed by atoms with Crippen LogP contribution in [-0.4, -0.2) is 26.4 Å². The van der Waals surface area contributed by atoms with Crippen molar-refractivity contribution in [1.82, 2.24) is 0 Å². The van der Waals surface area contributed by atoms with Crippen LogP contribution >= 0.6 is 0 Å². The number of ether oxygens (including phenoxy) is 4. The summed E-state index contributed by atoms with van der Waals surface area (Å²) in [4.78, 5) is 0. The highest BCUT2D eigenvalue weighted by molar-refractivity contribution is 6.04. The van der Waals surface area contributed by atoms with E-state index in [0.29, 0.717) is 0 Å². The van der Waals surface area contributed by atoms with Crippen molar-refractivity contribution in [3.8, 4) is 23.0 Å². The molecule has 1 fully saturated rings. The van der Waals surface area contributed by atoms with Gasteiger partial charge in [0, 0.05) is 10.8 Å². The molecular formula is C28H24O5. The van der Waals surface area contributed by atoms with E-state index in [-0.39, 0.29) is 0 Å². The maximum atomic E-state index is 5.65. The quantitative estimate of drug-likeness (QED) is 0.250. The fourth-order valence-electron chi connectivity index (χ4n) is 3.59. The van der Waals surface area contributed by atoms with Crippen LogP contribution in [0.1, 0.15) is 0 Å². The first-order chi connectivity index (χ1) is 16.4. The summed E-state index contributed by atoms with van der Waals surface area (Å²) >= 11 is 0. The number of fused-ring (bicyclic) bond motifs is 5. The van der Waals surface area contributed by atoms with Crippen LogP contribution in [0.2, 0.25) is 0 Å². The van der Waals surface area contributed by atoms with Crippen LogP contribution in [0.3, 0.4) is 0 Å². The highest BCUT2D eigenvalue weighted by atomic mass is 16.6. The molecule has 0 unspecified atom stereocenters. The Morgan fingerprint density at radius 1 is 0.394 bits per heavy atom. The minimum atomic E-state index is 0.770. The van der Waals surface area contributed by atoms with E-state index in [4.69, 9.17) is 23.4 Å². The molecule has 0 amide bonds. The van der Waals surface area contributed by atoms with Crippen LogP contribution in [0.4, 0.5) is 0 Å². The molecule has 0 atom stereocenters. The second kappa shape index (κ2) is 10.2. The van der Waals surface area contributed by atoms with E-state index < -0.39 is 0 Å². The van der Waals surface area contributed by atoms with Crippen molar-refractivity contribution >= 4 is 21.9 Å². The number of hydrogen-bond donors (Lipinski definition) is 0. The van der Waals surface area contributed by atoms with Gasteiger partial charge >= 0.3 is 0 Å². The average Bonchev–Trinajstić information content (AvgIpc) is 3.28. The monoisotopic (exact) mass is 440 g/mol. The van der Waals surface area contributed by atoms with Crippen molar-refractivity contribution in [3.63, 3.8) is 0 Å². The molecule has 7 rings (SSSR count). The normalized spacial score (nSPS) is 13.8. The largest absolute Gasteiger partial charge is 0.456 e. The first-order valence-electron chi connectivity index (χ1n) is 10.9. The number of para-hydroxylation sites is 6. The molecule has 33 heavy (non-hydrogen) atoms. The smallest absolute Gasteiger partial charge is 0.170 e. The number of furan rings is 1. The molecule has 0 radical (unpaired) electrons. The van der Waals surface area contributed by atoms with Crippen LogP contribution in [0.5, 0.6) is 23.0 Å². The molecule has 0 bridgehead atoms. The second-order valence-electron chi connectivity index (χ2n) is 7.42. The minimum Gasteiger partial charge on any atom is -0.456 e. The van der Waals surface area contributed by atoms with Gasteiger partial charge in [-0.1, -0.05) is 60.7 Å². The Morgan fingerprint density at radius 3 is 1.09 bits per heavy atom. The Balaban J connectivity index is 0.000000112. The fraction of sp³-hybridized carbons (Fsp3) is 0.143. The zero-order valence-electron chi connectivity index (χ0n) is 18.1. The van der Waals surface area contributed by atoms with E-state index in [0.717, 1.165) is 60.6 Å². The summed E-state index contributed by atoms with van der Waals surface area (Å²) < 4.78 is 26.8. The third kappa shape index (κ3) is 5.00. The average molecular weight is 440 g/mol. The lowest BCUT2D eigenvalue weighted by Gasteiger charge is -2.19. The van der Waals surface area contributed by atoms with Crippen molar-refractivity contribution in [2.75, 3.05) is 26.4 Å². The van der Waals surface area contributed by atoms with E-state index in [1.54, 1.807) is 0 Å². The molecule has 0 spiro atoms. The van der Waals surface area contributed by atoms with Crippen molar-refractivity contribution in [2.45, 2.75) is 0 Å². The van der Waals surface area contributed by atoms with Gasteiger partial charge in [-0.15, -0.1) is 0 Å². The van der Waals surface area contributed by atoms with Crippen LogP contribution in [0.15, 0.2) is 101 Å². The Morgan fingerprint density at radius 2 is 0.727 bits per heavy atom. The van der Waals surface area contributed by atoms with Gasteiger partial charge < -0.3 is 23.4 Å². The zero-order valence-corrected chi connectivity index (χ0v) is 18.1. The summed E-state index contributed by atoms with van der Waals surface area (Å²) in [5, 5.41) is 2.39. The van der Waals surface area contributed by atoms with Gasteiger partial charge in [0.2, 0.25) is 0 Å². The van der Waals surface area contributed by atoms with E-state index in [9.17, 15) is 0 Å². The summed E-state index contributed by atoms with van der Waals surface area (Å²) in [5.74, 6) is 3.08. The lowest BCUT2D eigenvalue weighted by molar-refractivity contribution is -0.0334. The first-order valence-corrected chi connectivity index (χ1v) is 10.9. The molecule has 0 N–H and O–H groups in total. The second-order valence-corrected chi connectivity index (χ2v) is 7.42. The van der Waals surface area contributed by atoms with Crippen LogP contribution in [-0.2, 0) is 9.47 Å². The molecule has 0 saturated carbocycles.